The second-order valence-corrected chi connectivity index (χ2v) is 13.6. The maximum absolute atomic E-state index is 13.8. The van der Waals surface area contributed by atoms with Crippen LogP contribution in [0.5, 0.6) is 0 Å². The molecule has 0 radical (unpaired) electrons. The average Bonchev–Trinajstić information content (AvgIpc) is 2.81. The van der Waals surface area contributed by atoms with Crippen molar-refractivity contribution in [2.24, 2.45) is 10.8 Å². The normalized spacial score (nSPS) is 46.4. The number of fused-ring (bicyclic) bond motifs is 1. The molecule has 0 spiro atoms. The van der Waals surface area contributed by atoms with Gasteiger partial charge in [0.1, 0.15) is 0 Å². The average molecular weight is 584 g/mol. The summed E-state index contributed by atoms with van der Waals surface area (Å²) in [6.07, 6.45) is -1.14. The zero-order chi connectivity index (χ0) is 20.4. The fourth-order valence-electron chi connectivity index (χ4n) is 4.75. The standard InChI is InChI=1S/C14H17F2O8S.Hg/c1-10(2)11(3)8(17)22-7-6(12(10,4)24-13(7,11)5)23-9(18)14(15,16)25(19,20)21;/h7H,1-5H3,(H,19,20,21);. The third-order valence-corrected chi connectivity index (χ3v) is 12.5. The van der Waals surface area contributed by atoms with E-state index in [0.717, 1.165) is 0 Å². The van der Waals surface area contributed by atoms with Crippen LogP contribution in [0.3, 0.4) is 0 Å². The molecule has 2 bridgehead atoms. The number of carbonyl (C=O) groups is 2. The van der Waals surface area contributed by atoms with E-state index >= 15 is 0 Å². The van der Waals surface area contributed by atoms with Crippen molar-refractivity contribution in [3.63, 3.8) is 0 Å². The van der Waals surface area contributed by atoms with Gasteiger partial charge in [-0.15, -0.1) is 0 Å². The number of esters is 2. The number of hydrogen-bond acceptors (Lipinski definition) is 7. The Morgan fingerprint density at radius 3 is 2.23 bits per heavy atom. The number of halogens is 2. The van der Waals surface area contributed by atoms with Crippen molar-refractivity contribution in [2.45, 2.75) is 60.3 Å². The molecule has 0 saturated carbocycles. The first-order chi connectivity index (χ1) is 11.3. The Hall–Kier alpha value is -0.395. The van der Waals surface area contributed by atoms with E-state index in [1.807, 2.05) is 0 Å². The van der Waals surface area contributed by atoms with Gasteiger partial charge >= 0.3 is 165 Å². The third-order valence-electron chi connectivity index (χ3n) is 7.05. The van der Waals surface area contributed by atoms with Gasteiger partial charge in [-0.3, -0.25) is 0 Å². The van der Waals surface area contributed by atoms with Gasteiger partial charge in [-0.25, -0.2) is 0 Å². The van der Waals surface area contributed by atoms with Crippen LogP contribution in [0.25, 0.3) is 0 Å². The molecule has 8 nitrogen and oxygen atoms in total. The van der Waals surface area contributed by atoms with E-state index in [0.29, 0.717) is 0 Å². The van der Waals surface area contributed by atoms with Crippen LogP contribution in [0.4, 0.5) is 8.78 Å². The van der Waals surface area contributed by atoms with Gasteiger partial charge in [0.05, 0.1) is 0 Å². The SMILES string of the molecule is CC12OC3(C)[C]([Hg])(OC(=O)C(F)(F)S(=O)(=O)O)C1OC(=O)C2(C)C3(C)C. The molecule has 0 aliphatic carbocycles. The molecule has 3 aliphatic heterocycles. The molecule has 3 saturated heterocycles. The topological polar surface area (TPSA) is 116 Å². The second kappa shape index (κ2) is 4.77. The Morgan fingerprint density at radius 1 is 1.27 bits per heavy atom. The number of ether oxygens (including phenoxy) is 3. The molecule has 143 valence electrons. The van der Waals surface area contributed by atoms with E-state index in [-0.39, 0.29) is 0 Å². The summed E-state index contributed by atoms with van der Waals surface area (Å²) in [4.78, 5) is 24.6. The van der Waals surface area contributed by atoms with E-state index in [9.17, 15) is 26.8 Å². The number of alkyl halides is 2. The quantitative estimate of drug-likeness (QED) is 0.294. The van der Waals surface area contributed by atoms with Crippen molar-refractivity contribution in [3.05, 3.63) is 0 Å². The minimum atomic E-state index is -6.02. The Kier molecular flexibility index (Phi) is 3.73. The van der Waals surface area contributed by atoms with Gasteiger partial charge in [-0.2, -0.15) is 0 Å². The summed E-state index contributed by atoms with van der Waals surface area (Å²) in [5, 5.41) is -5.14. The zero-order valence-electron chi connectivity index (χ0n) is 14.8. The van der Waals surface area contributed by atoms with Gasteiger partial charge in [-0.1, -0.05) is 0 Å². The van der Waals surface area contributed by atoms with Gasteiger partial charge in [0.2, 0.25) is 0 Å². The van der Waals surface area contributed by atoms with Crippen LogP contribution < -0.4 is 0 Å². The summed E-state index contributed by atoms with van der Waals surface area (Å²) in [5.74, 6) is -3.01. The predicted molar refractivity (Wildman–Crippen MR) is 75.0 cm³/mol. The van der Waals surface area contributed by atoms with Crippen LogP contribution in [-0.4, -0.2) is 50.6 Å². The summed E-state index contributed by atoms with van der Waals surface area (Å²) in [7, 11) is -6.02. The number of rotatable bonds is 3. The zero-order valence-corrected chi connectivity index (χ0v) is 21.1. The van der Waals surface area contributed by atoms with Crippen molar-refractivity contribution in [3.8, 4) is 0 Å². The van der Waals surface area contributed by atoms with E-state index in [4.69, 9.17) is 18.8 Å². The fourth-order valence-corrected chi connectivity index (χ4v) is 9.35. The first kappa shape index (κ1) is 20.3. The third kappa shape index (κ3) is 1.73. The van der Waals surface area contributed by atoms with Gasteiger partial charge in [0.15, 0.2) is 0 Å². The van der Waals surface area contributed by atoms with Crippen molar-refractivity contribution in [1.82, 2.24) is 0 Å². The van der Waals surface area contributed by atoms with Gasteiger partial charge in [0, 0.05) is 0 Å². The molecule has 0 amide bonds. The maximum atomic E-state index is 13.8. The van der Waals surface area contributed by atoms with Crippen LogP contribution in [0.2, 0.25) is 0 Å². The Morgan fingerprint density at radius 2 is 1.77 bits per heavy atom. The molecule has 3 fully saturated rings. The molecular weight excluding hydrogens is 567 g/mol. The predicted octanol–water partition coefficient (Wildman–Crippen LogP) is 0.772. The van der Waals surface area contributed by atoms with Gasteiger partial charge in [0.25, 0.3) is 0 Å². The van der Waals surface area contributed by atoms with Crippen molar-refractivity contribution in [2.75, 3.05) is 0 Å². The summed E-state index contributed by atoms with van der Waals surface area (Å²) in [5.41, 5.74) is -4.69. The molecule has 0 aromatic carbocycles. The van der Waals surface area contributed by atoms with E-state index in [1.165, 1.54) is 0 Å². The molecule has 1 N–H and O–H groups in total. The molecule has 5 atom stereocenters. The van der Waals surface area contributed by atoms with Gasteiger partial charge in [-0.05, 0) is 0 Å². The van der Waals surface area contributed by atoms with Crippen LogP contribution in [-0.2, 0) is 60.0 Å². The fraction of sp³-hybridized carbons (Fsp3) is 0.857. The first-order valence-electron chi connectivity index (χ1n) is 7.69. The van der Waals surface area contributed by atoms with Gasteiger partial charge < -0.3 is 0 Å². The molecule has 12 heteroatoms. The molecule has 3 heterocycles. The summed E-state index contributed by atoms with van der Waals surface area (Å²) in [6, 6.07) is 0. The monoisotopic (exact) mass is 585 g/mol. The van der Waals surface area contributed by atoms with Crippen molar-refractivity contribution >= 4 is 22.1 Å². The minimum absolute atomic E-state index is 0.594. The van der Waals surface area contributed by atoms with Crippen LogP contribution >= 0.6 is 0 Å². The first-order valence-corrected chi connectivity index (χ1v) is 11.9. The molecule has 3 rings (SSSR count). The van der Waals surface area contributed by atoms with Crippen LogP contribution in [0.1, 0.15) is 34.6 Å². The summed E-state index contributed by atoms with van der Waals surface area (Å²) >= 11 is -0.646. The molecule has 0 aromatic rings. The Bertz CT molecular complexity index is 837. The molecule has 0 aromatic heterocycles. The number of carbonyl (C=O) groups excluding carboxylic acids is 2. The summed E-state index contributed by atoms with van der Waals surface area (Å²) in [6.45, 7) is 8.18. The van der Waals surface area contributed by atoms with Crippen molar-refractivity contribution < 1.29 is 71.7 Å². The van der Waals surface area contributed by atoms with E-state index < -0.39 is 84.7 Å². The Labute approximate surface area is 164 Å². The summed E-state index contributed by atoms with van der Waals surface area (Å²) < 4.78 is 72.7. The second-order valence-electron chi connectivity index (χ2n) is 8.05. The van der Waals surface area contributed by atoms with Crippen LogP contribution in [0.15, 0.2) is 0 Å². The van der Waals surface area contributed by atoms with Crippen molar-refractivity contribution in [1.29, 1.82) is 0 Å². The van der Waals surface area contributed by atoms with E-state index in [2.05, 4.69) is 0 Å². The molecular formula is C14H17F2HgO8S. The molecule has 3 aliphatic rings. The van der Waals surface area contributed by atoms with Crippen LogP contribution in [0, 0.1) is 10.8 Å². The molecule has 5 unspecified atom stereocenters. The Balaban J connectivity index is 2.14. The molecule has 26 heavy (non-hydrogen) atoms. The van der Waals surface area contributed by atoms with E-state index in [1.54, 1.807) is 34.6 Å². The number of hydrogen-bond donors (Lipinski definition) is 1.